The Bertz CT molecular complexity index is 878. The molecule has 27 heavy (non-hydrogen) atoms. The van der Waals surface area contributed by atoms with Gasteiger partial charge >= 0.3 is 6.03 Å². The van der Waals surface area contributed by atoms with Crippen LogP contribution in [0.5, 0.6) is 5.75 Å². The summed E-state index contributed by atoms with van der Waals surface area (Å²) in [6, 6.07) is 7.04. The van der Waals surface area contributed by atoms with Crippen molar-refractivity contribution in [3.8, 4) is 5.75 Å². The summed E-state index contributed by atoms with van der Waals surface area (Å²) in [5, 5.41) is 3.00. The van der Waals surface area contributed by atoms with Crippen LogP contribution in [0, 0.1) is 6.92 Å². The van der Waals surface area contributed by atoms with Gasteiger partial charge in [-0.05, 0) is 19.1 Å². The zero-order chi connectivity index (χ0) is 19.0. The SMILES string of the molecule is COc1cccc(N2CC(NC(=O)N3CCc4nc(C)[nH]c4C3)CC2=O)c1. The average molecular weight is 369 g/mol. The summed E-state index contributed by atoms with van der Waals surface area (Å²) >= 11 is 0. The van der Waals surface area contributed by atoms with Crippen LogP contribution in [0.1, 0.15) is 23.6 Å². The first-order valence-electron chi connectivity index (χ1n) is 9.07. The van der Waals surface area contributed by atoms with Crippen LogP contribution >= 0.6 is 0 Å². The van der Waals surface area contributed by atoms with Gasteiger partial charge in [-0.3, -0.25) is 4.79 Å². The molecule has 1 unspecified atom stereocenters. The number of aromatic amines is 1. The van der Waals surface area contributed by atoms with E-state index in [9.17, 15) is 9.59 Å². The number of aryl methyl sites for hydroxylation is 1. The van der Waals surface area contributed by atoms with Crippen LogP contribution in [0.25, 0.3) is 0 Å². The van der Waals surface area contributed by atoms with Crippen LogP contribution in [0.2, 0.25) is 0 Å². The fourth-order valence-electron chi connectivity index (χ4n) is 3.71. The largest absolute Gasteiger partial charge is 0.497 e. The van der Waals surface area contributed by atoms with Gasteiger partial charge in [0, 0.05) is 37.7 Å². The number of benzene rings is 1. The van der Waals surface area contributed by atoms with Crippen molar-refractivity contribution in [1.29, 1.82) is 0 Å². The van der Waals surface area contributed by atoms with Crippen molar-refractivity contribution in [3.05, 3.63) is 41.5 Å². The molecule has 1 atom stereocenters. The number of nitrogens with zero attached hydrogens (tertiary/aromatic N) is 3. The summed E-state index contributed by atoms with van der Waals surface area (Å²) < 4.78 is 5.23. The number of amides is 3. The van der Waals surface area contributed by atoms with Crippen molar-refractivity contribution in [2.24, 2.45) is 0 Å². The van der Waals surface area contributed by atoms with Crippen LogP contribution < -0.4 is 15.0 Å². The Kier molecular flexibility index (Phi) is 4.47. The number of ether oxygens (including phenoxy) is 1. The Morgan fingerprint density at radius 3 is 3.07 bits per heavy atom. The van der Waals surface area contributed by atoms with E-state index >= 15 is 0 Å². The maximum absolute atomic E-state index is 12.7. The monoisotopic (exact) mass is 369 g/mol. The normalized spacial score (nSPS) is 19.2. The fourth-order valence-corrected chi connectivity index (χ4v) is 3.71. The van der Waals surface area contributed by atoms with Crippen molar-refractivity contribution in [2.75, 3.05) is 25.1 Å². The third kappa shape index (κ3) is 3.47. The lowest BCUT2D eigenvalue weighted by Crippen LogP contribution is -2.47. The molecule has 0 radical (unpaired) electrons. The van der Waals surface area contributed by atoms with E-state index in [2.05, 4.69) is 15.3 Å². The van der Waals surface area contributed by atoms with Crippen LogP contribution in [0.15, 0.2) is 24.3 Å². The number of imidazole rings is 1. The lowest BCUT2D eigenvalue weighted by Gasteiger charge is -2.27. The quantitative estimate of drug-likeness (QED) is 0.860. The predicted molar refractivity (Wildman–Crippen MR) is 99.7 cm³/mol. The van der Waals surface area contributed by atoms with Crippen LogP contribution in [-0.2, 0) is 17.8 Å². The molecule has 1 aromatic carbocycles. The van der Waals surface area contributed by atoms with E-state index in [-0.39, 0.29) is 18.0 Å². The standard InChI is InChI=1S/C19H23N5O3/c1-12-20-16-6-7-23(11-17(16)21-12)19(26)22-13-8-18(25)24(10-13)14-4-3-5-15(9-14)27-2/h3-5,9,13H,6-8,10-11H2,1-2H3,(H,20,21)(H,22,26). The lowest BCUT2D eigenvalue weighted by molar-refractivity contribution is -0.117. The van der Waals surface area contributed by atoms with Gasteiger partial charge in [0.25, 0.3) is 0 Å². The average Bonchev–Trinajstić information content (AvgIpc) is 3.22. The zero-order valence-electron chi connectivity index (χ0n) is 15.5. The molecule has 0 aliphatic carbocycles. The minimum atomic E-state index is -0.207. The Labute approximate surface area is 157 Å². The van der Waals surface area contributed by atoms with Gasteiger partial charge in [-0.25, -0.2) is 9.78 Å². The number of hydrogen-bond acceptors (Lipinski definition) is 4. The molecule has 3 heterocycles. The van der Waals surface area contributed by atoms with Crippen molar-refractivity contribution < 1.29 is 14.3 Å². The summed E-state index contributed by atoms with van der Waals surface area (Å²) in [6.45, 7) is 3.52. The number of rotatable bonds is 3. The van der Waals surface area contributed by atoms with Gasteiger partial charge in [-0.15, -0.1) is 0 Å². The minimum absolute atomic E-state index is 0.00123. The van der Waals surface area contributed by atoms with Gasteiger partial charge in [-0.2, -0.15) is 0 Å². The molecule has 2 N–H and O–H groups in total. The molecule has 142 valence electrons. The third-order valence-corrected chi connectivity index (χ3v) is 5.06. The maximum atomic E-state index is 12.7. The number of anilines is 1. The molecule has 1 saturated heterocycles. The minimum Gasteiger partial charge on any atom is -0.497 e. The number of carbonyl (C=O) groups is 2. The summed E-state index contributed by atoms with van der Waals surface area (Å²) in [5.74, 6) is 1.57. The molecule has 2 aliphatic rings. The second kappa shape index (κ2) is 6.94. The summed E-state index contributed by atoms with van der Waals surface area (Å²) in [5.41, 5.74) is 2.82. The molecular formula is C19H23N5O3. The molecule has 1 aromatic heterocycles. The van der Waals surface area contributed by atoms with E-state index in [1.165, 1.54) is 0 Å². The van der Waals surface area contributed by atoms with E-state index in [0.29, 0.717) is 31.8 Å². The van der Waals surface area contributed by atoms with Gasteiger partial charge in [0.2, 0.25) is 5.91 Å². The van der Waals surface area contributed by atoms with Gasteiger partial charge in [0.1, 0.15) is 11.6 Å². The zero-order valence-corrected chi connectivity index (χ0v) is 15.5. The third-order valence-electron chi connectivity index (χ3n) is 5.06. The predicted octanol–water partition coefficient (Wildman–Crippen LogP) is 1.60. The highest BCUT2D eigenvalue weighted by Gasteiger charge is 2.33. The molecule has 0 bridgehead atoms. The number of carbonyl (C=O) groups excluding carboxylic acids is 2. The first-order valence-corrected chi connectivity index (χ1v) is 9.07. The Balaban J connectivity index is 1.39. The summed E-state index contributed by atoms with van der Waals surface area (Å²) in [6.07, 6.45) is 1.04. The van der Waals surface area contributed by atoms with Crippen molar-refractivity contribution in [3.63, 3.8) is 0 Å². The second-order valence-corrected chi connectivity index (χ2v) is 6.98. The number of nitrogens with one attached hydrogen (secondary N) is 2. The number of hydrogen-bond donors (Lipinski definition) is 2. The van der Waals surface area contributed by atoms with Crippen LogP contribution in [0.4, 0.5) is 10.5 Å². The van der Waals surface area contributed by atoms with Crippen molar-refractivity contribution >= 4 is 17.6 Å². The second-order valence-electron chi connectivity index (χ2n) is 6.98. The molecular weight excluding hydrogens is 346 g/mol. The summed E-state index contributed by atoms with van der Waals surface area (Å²) in [4.78, 5) is 36.2. The number of urea groups is 1. The van der Waals surface area contributed by atoms with Gasteiger partial charge in [0.15, 0.2) is 0 Å². The van der Waals surface area contributed by atoms with Crippen LogP contribution in [-0.4, -0.2) is 53.0 Å². The molecule has 1 fully saturated rings. The smallest absolute Gasteiger partial charge is 0.318 e. The first kappa shape index (κ1) is 17.4. The molecule has 8 heteroatoms. The molecule has 2 aliphatic heterocycles. The number of H-pyrrole nitrogens is 1. The number of aromatic nitrogens is 2. The van der Waals surface area contributed by atoms with Crippen LogP contribution in [0.3, 0.4) is 0 Å². The van der Waals surface area contributed by atoms with E-state index in [1.807, 2.05) is 31.2 Å². The van der Waals surface area contributed by atoms with Crippen molar-refractivity contribution in [1.82, 2.24) is 20.2 Å². The molecule has 0 spiro atoms. The number of fused-ring (bicyclic) bond motifs is 1. The first-order chi connectivity index (χ1) is 13.0. The highest BCUT2D eigenvalue weighted by Crippen LogP contribution is 2.25. The molecule has 2 aromatic rings. The molecule has 3 amide bonds. The van der Waals surface area contributed by atoms with Gasteiger partial charge in [0.05, 0.1) is 31.1 Å². The Hall–Kier alpha value is -3.03. The molecule has 4 rings (SSSR count). The molecule has 0 saturated carbocycles. The van der Waals surface area contributed by atoms with E-state index in [1.54, 1.807) is 16.9 Å². The van der Waals surface area contributed by atoms with Gasteiger partial charge < -0.3 is 24.8 Å². The van der Waals surface area contributed by atoms with E-state index in [0.717, 1.165) is 29.3 Å². The lowest BCUT2D eigenvalue weighted by atomic mass is 10.1. The topological polar surface area (TPSA) is 90.6 Å². The van der Waals surface area contributed by atoms with E-state index in [4.69, 9.17) is 4.74 Å². The Morgan fingerprint density at radius 1 is 1.41 bits per heavy atom. The molecule has 8 nitrogen and oxygen atoms in total. The maximum Gasteiger partial charge on any atom is 0.318 e. The highest BCUT2D eigenvalue weighted by molar-refractivity contribution is 5.97. The highest BCUT2D eigenvalue weighted by atomic mass is 16.5. The number of methoxy groups -OCH3 is 1. The van der Waals surface area contributed by atoms with Gasteiger partial charge in [-0.1, -0.05) is 6.07 Å². The summed E-state index contributed by atoms with van der Waals surface area (Å²) in [7, 11) is 1.60. The Morgan fingerprint density at radius 2 is 2.26 bits per heavy atom. The van der Waals surface area contributed by atoms with Crippen molar-refractivity contribution in [2.45, 2.75) is 32.4 Å². The fraction of sp³-hybridized carbons (Fsp3) is 0.421. The van der Waals surface area contributed by atoms with E-state index < -0.39 is 0 Å².